The van der Waals surface area contributed by atoms with Crippen molar-refractivity contribution >= 4 is 35.8 Å². The van der Waals surface area contributed by atoms with Crippen molar-refractivity contribution in [2.24, 2.45) is 4.99 Å². The van der Waals surface area contributed by atoms with Gasteiger partial charge in [-0.25, -0.2) is 4.98 Å². The zero-order valence-corrected chi connectivity index (χ0v) is 16.1. The minimum Gasteiger partial charge on any atom is -0.363 e. The van der Waals surface area contributed by atoms with Crippen molar-refractivity contribution in [1.29, 1.82) is 0 Å². The Bertz CT molecular complexity index is 469. The lowest BCUT2D eigenvalue weighted by Gasteiger charge is -2.25. The van der Waals surface area contributed by atoms with Gasteiger partial charge in [0.15, 0.2) is 5.96 Å². The van der Waals surface area contributed by atoms with Crippen LogP contribution < -0.4 is 15.5 Å². The Hall–Kier alpha value is -1.05. The number of anilines is 1. The third-order valence-electron chi connectivity index (χ3n) is 3.90. The van der Waals surface area contributed by atoms with Gasteiger partial charge >= 0.3 is 0 Å². The van der Waals surface area contributed by atoms with Gasteiger partial charge in [0.1, 0.15) is 5.82 Å². The van der Waals surface area contributed by atoms with Crippen LogP contribution in [-0.4, -0.2) is 38.1 Å². The second kappa shape index (κ2) is 9.86. The minimum absolute atomic E-state index is 0. The molecule has 1 saturated carbocycles. The molecule has 5 nitrogen and oxygen atoms in total. The average Bonchev–Trinajstić information content (AvgIpc) is 2.52. The summed E-state index contributed by atoms with van der Waals surface area (Å²) in [6.07, 6.45) is 8.37. The molecule has 2 N–H and O–H groups in total. The smallest absolute Gasteiger partial charge is 0.191 e. The third kappa shape index (κ3) is 5.98. The number of aliphatic imine (C=N–C) groups is 1. The monoisotopic (exact) mass is 417 g/mol. The highest BCUT2D eigenvalue weighted by atomic mass is 127. The highest BCUT2D eigenvalue weighted by molar-refractivity contribution is 14.0. The molecular formula is C16H28IN5. The first kappa shape index (κ1) is 19.0. The molecule has 22 heavy (non-hydrogen) atoms. The van der Waals surface area contributed by atoms with Crippen LogP contribution in [0.1, 0.15) is 37.7 Å². The van der Waals surface area contributed by atoms with E-state index < -0.39 is 0 Å². The normalized spacial score (nSPS) is 15.9. The number of hydrogen-bond donors (Lipinski definition) is 2. The lowest BCUT2D eigenvalue weighted by Crippen LogP contribution is -2.43. The van der Waals surface area contributed by atoms with E-state index in [0.717, 1.165) is 18.3 Å². The number of nitrogens with one attached hydrogen (secondary N) is 2. The summed E-state index contributed by atoms with van der Waals surface area (Å²) in [5, 5.41) is 6.92. The molecule has 0 radical (unpaired) electrons. The maximum absolute atomic E-state index is 4.33. The van der Waals surface area contributed by atoms with Gasteiger partial charge in [0.2, 0.25) is 0 Å². The number of hydrogen-bond acceptors (Lipinski definition) is 3. The summed E-state index contributed by atoms with van der Waals surface area (Å²) < 4.78 is 0. The Morgan fingerprint density at radius 3 is 2.68 bits per heavy atom. The van der Waals surface area contributed by atoms with Gasteiger partial charge in [0, 0.05) is 39.9 Å². The van der Waals surface area contributed by atoms with Crippen molar-refractivity contribution in [3.63, 3.8) is 0 Å². The molecule has 1 aliphatic rings. The van der Waals surface area contributed by atoms with E-state index in [1.165, 1.54) is 37.7 Å². The molecule has 0 bridgehead atoms. The van der Waals surface area contributed by atoms with E-state index >= 15 is 0 Å². The molecule has 0 unspecified atom stereocenters. The van der Waals surface area contributed by atoms with Gasteiger partial charge < -0.3 is 15.5 Å². The largest absolute Gasteiger partial charge is 0.363 e. The van der Waals surface area contributed by atoms with Gasteiger partial charge in [0.25, 0.3) is 0 Å². The molecule has 1 aliphatic carbocycles. The van der Waals surface area contributed by atoms with Crippen LogP contribution >= 0.6 is 24.0 Å². The van der Waals surface area contributed by atoms with Gasteiger partial charge in [-0.05, 0) is 30.5 Å². The lowest BCUT2D eigenvalue weighted by molar-refractivity contribution is 0.410. The summed E-state index contributed by atoms with van der Waals surface area (Å²) in [6.45, 7) is 0.760. The van der Waals surface area contributed by atoms with Crippen molar-refractivity contribution in [3.8, 4) is 0 Å². The van der Waals surface area contributed by atoms with E-state index in [9.17, 15) is 0 Å². The topological polar surface area (TPSA) is 52.6 Å². The summed E-state index contributed by atoms with van der Waals surface area (Å²) in [6, 6.07) is 4.70. The van der Waals surface area contributed by atoms with Crippen molar-refractivity contribution in [2.75, 3.05) is 26.0 Å². The summed E-state index contributed by atoms with van der Waals surface area (Å²) in [7, 11) is 5.84. The van der Waals surface area contributed by atoms with E-state index in [-0.39, 0.29) is 24.0 Å². The summed E-state index contributed by atoms with van der Waals surface area (Å²) >= 11 is 0. The standard InChI is InChI=1S/C16H27N5.HI/c1-17-16(20-14-7-5-4-6-8-14)19-12-13-9-10-18-15(11-13)21(2)3;/h9-11,14H,4-8,12H2,1-3H3,(H2,17,19,20);1H. The molecule has 0 spiro atoms. The van der Waals surface area contributed by atoms with Crippen LogP contribution in [0.15, 0.2) is 23.3 Å². The fraction of sp³-hybridized carbons (Fsp3) is 0.625. The van der Waals surface area contributed by atoms with Crippen molar-refractivity contribution in [3.05, 3.63) is 23.9 Å². The zero-order valence-electron chi connectivity index (χ0n) is 13.8. The number of halogens is 1. The van der Waals surface area contributed by atoms with E-state index in [0.29, 0.717) is 6.04 Å². The molecule has 1 aromatic rings. The molecule has 2 rings (SSSR count). The average molecular weight is 417 g/mol. The van der Waals surface area contributed by atoms with Crippen LogP contribution in [0.5, 0.6) is 0 Å². The van der Waals surface area contributed by atoms with E-state index in [1.54, 1.807) is 0 Å². The molecule has 0 atom stereocenters. The minimum atomic E-state index is 0. The molecule has 0 aromatic carbocycles. The number of nitrogens with zero attached hydrogens (tertiary/aromatic N) is 3. The van der Waals surface area contributed by atoms with Gasteiger partial charge in [-0.2, -0.15) is 0 Å². The first-order valence-electron chi connectivity index (χ1n) is 7.78. The maximum Gasteiger partial charge on any atom is 0.191 e. The van der Waals surface area contributed by atoms with Crippen LogP contribution in [0.3, 0.4) is 0 Å². The van der Waals surface area contributed by atoms with Crippen LogP contribution in [0.4, 0.5) is 5.82 Å². The van der Waals surface area contributed by atoms with Crippen molar-refractivity contribution < 1.29 is 0 Å². The molecule has 0 saturated heterocycles. The Kier molecular flexibility index (Phi) is 8.52. The Morgan fingerprint density at radius 1 is 1.32 bits per heavy atom. The molecule has 1 heterocycles. The lowest BCUT2D eigenvalue weighted by atomic mass is 9.96. The molecule has 1 aromatic heterocycles. The summed E-state index contributed by atoms with van der Waals surface area (Å²) in [5.74, 6) is 1.87. The van der Waals surface area contributed by atoms with Crippen LogP contribution in [-0.2, 0) is 6.54 Å². The number of pyridine rings is 1. The SMILES string of the molecule is CN=C(NCc1ccnc(N(C)C)c1)NC1CCCCC1.I. The quantitative estimate of drug-likeness (QED) is 0.450. The fourth-order valence-electron chi connectivity index (χ4n) is 2.64. The van der Waals surface area contributed by atoms with Gasteiger partial charge in [0.05, 0.1) is 0 Å². The highest BCUT2D eigenvalue weighted by Gasteiger charge is 2.14. The zero-order chi connectivity index (χ0) is 15.1. The van der Waals surface area contributed by atoms with Crippen molar-refractivity contribution in [1.82, 2.24) is 15.6 Å². The van der Waals surface area contributed by atoms with Gasteiger partial charge in [-0.3, -0.25) is 4.99 Å². The predicted octanol–water partition coefficient (Wildman–Crippen LogP) is 2.76. The first-order chi connectivity index (χ1) is 10.2. The van der Waals surface area contributed by atoms with Crippen molar-refractivity contribution in [2.45, 2.75) is 44.7 Å². The molecular weight excluding hydrogens is 389 g/mol. The molecule has 0 amide bonds. The Morgan fingerprint density at radius 2 is 2.05 bits per heavy atom. The van der Waals surface area contributed by atoms with Gasteiger partial charge in [-0.1, -0.05) is 19.3 Å². The molecule has 124 valence electrons. The first-order valence-corrected chi connectivity index (χ1v) is 7.78. The number of guanidine groups is 1. The number of rotatable bonds is 4. The predicted molar refractivity (Wildman–Crippen MR) is 104 cm³/mol. The summed E-state index contributed by atoms with van der Waals surface area (Å²) in [4.78, 5) is 10.7. The molecule has 0 aliphatic heterocycles. The molecule has 6 heteroatoms. The Labute approximate surface area is 151 Å². The second-order valence-corrected chi connectivity index (χ2v) is 5.82. The van der Waals surface area contributed by atoms with E-state index in [4.69, 9.17) is 0 Å². The maximum atomic E-state index is 4.33. The fourth-order valence-corrected chi connectivity index (χ4v) is 2.64. The molecule has 1 fully saturated rings. The third-order valence-corrected chi connectivity index (χ3v) is 3.90. The van der Waals surface area contributed by atoms with E-state index in [2.05, 4.69) is 26.7 Å². The second-order valence-electron chi connectivity index (χ2n) is 5.82. The van der Waals surface area contributed by atoms with Crippen LogP contribution in [0.2, 0.25) is 0 Å². The Balaban J connectivity index is 0.00000242. The van der Waals surface area contributed by atoms with E-state index in [1.807, 2.05) is 38.3 Å². The summed E-state index contributed by atoms with van der Waals surface area (Å²) in [5.41, 5.74) is 1.21. The highest BCUT2D eigenvalue weighted by Crippen LogP contribution is 2.17. The van der Waals surface area contributed by atoms with Gasteiger partial charge in [-0.15, -0.1) is 24.0 Å². The van der Waals surface area contributed by atoms with Crippen LogP contribution in [0, 0.1) is 0 Å². The number of aromatic nitrogens is 1. The van der Waals surface area contributed by atoms with Crippen LogP contribution in [0.25, 0.3) is 0 Å².